The molecular weight excluding hydrogens is 399 g/mol. The first-order valence-corrected chi connectivity index (χ1v) is 11.9. The average molecular weight is 427 g/mol. The molecule has 0 unspecified atom stereocenters. The first kappa shape index (κ1) is 20.8. The Bertz CT molecular complexity index is 1060. The van der Waals surface area contributed by atoms with Crippen molar-refractivity contribution >= 4 is 10.0 Å². The largest absolute Gasteiger partial charge is 0.346 e. The highest BCUT2D eigenvalue weighted by Gasteiger charge is 2.33. The van der Waals surface area contributed by atoms with Gasteiger partial charge in [-0.05, 0) is 54.8 Å². The lowest BCUT2D eigenvalue weighted by Gasteiger charge is -2.33. The van der Waals surface area contributed by atoms with Crippen molar-refractivity contribution in [2.75, 3.05) is 0 Å². The van der Waals surface area contributed by atoms with E-state index in [1.165, 1.54) is 29.8 Å². The van der Waals surface area contributed by atoms with Crippen molar-refractivity contribution in [3.63, 3.8) is 0 Å². The maximum atomic E-state index is 13.5. The molecule has 1 aliphatic carbocycles. The van der Waals surface area contributed by atoms with Gasteiger partial charge in [0.2, 0.25) is 10.0 Å². The van der Waals surface area contributed by atoms with Gasteiger partial charge in [-0.25, -0.2) is 12.8 Å². The van der Waals surface area contributed by atoms with Crippen molar-refractivity contribution in [3.05, 3.63) is 90.0 Å². The van der Waals surface area contributed by atoms with E-state index in [1.54, 1.807) is 4.31 Å². The standard InChI is InChI=1S/C24H27FN2O2S/c25-21-13-15-24(16-14-21)30(28,29)27(22-10-5-2-6-11-22)19-23-12-7-17-26(23)18-20-8-3-1-4-9-20/h1,3-4,7-9,12-17,22H,2,5-6,10-11,18-19H2. The van der Waals surface area contributed by atoms with Gasteiger partial charge in [0.15, 0.2) is 0 Å². The fourth-order valence-electron chi connectivity index (χ4n) is 4.21. The normalized spacial score (nSPS) is 15.5. The predicted molar refractivity (Wildman–Crippen MR) is 116 cm³/mol. The molecule has 0 amide bonds. The molecule has 4 nitrogen and oxygen atoms in total. The fraction of sp³-hybridized carbons (Fsp3) is 0.333. The summed E-state index contributed by atoms with van der Waals surface area (Å²) in [7, 11) is -3.73. The molecule has 3 aromatic rings. The summed E-state index contributed by atoms with van der Waals surface area (Å²) in [5.41, 5.74) is 2.12. The van der Waals surface area contributed by atoms with Gasteiger partial charge in [-0.2, -0.15) is 4.31 Å². The van der Waals surface area contributed by atoms with Crippen LogP contribution in [0.4, 0.5) is 4.39 Å². The van der Waals surface area contributed by atoms with Crippen molar-refractivity contribution < 1.29 is 12.8 Å². The molecule has 6 heteroatoms. The molecule has 1 aliphatic rings. The molecule has 0 saturated heterocycles. The van der Waals surface area contributed by atoms with E-state index in [0.717, 1.165) is 37.8 Å². The molecule has 0 atom stereocenters. The minimum absolute atomic E-state index is 0.0334. The Hall–Kier alpha value is -2.44. The average Bonchev–Trinajstić information content (AvgIpc) is 3.20. The van der Waals surface area contributed by atoms with E-state index in [2.05, 4.69) is 16.7 Å². The van der Waals surface area contributed by atoms with Crippen LogP contribution in [0.5, 0.6) is 0 Å². The van der Waals surface area contributed by atoms with Crippen molar-refractivity contribution in [3.8, 4) is 0 Å². The maximum Gasteiger partial charge on any atom is 0.243 e. The maximum absolute atomic E-state index is 13.5. The van der Waals surface area contributed by atoms with Crippen LogP contribution in [0.1, 0.15) is 43.4 Å². The second kappa shape index (κ2) is 9.14. The summed E-state index contributed by atoms with van der Waals surface area (Å²) in [6, 6.07) is 19.2. The number of rotatable bonds is 7. The lowest BCUT2D eigenvalue weighted by molar-refractivity contribution is 0.244. The van der Waals surface area contributed by atoms with Crippen LogP contribution < -0.4 is 0 Å². The second-order valence-electron chi connectivity index (χ2n) is 7.91. The Morgan fingerprint density at radius 2 is 1.60 bits per heavy atom. The predicted octanol–water partition coefficient (Wildman–Crippen LogP) is 5.20. The van der Waals surface area contributed by atoms with Crippen LogP contribution in [0.3, 0.4) is 0 Å². The molecule has 1 saturated carbocycles. The van der Waals surface area contributed by atoms with E-state index in [9.17, 15) is 12.8 Å². The topological polar surface area (TPSA) is 42.3 Å². The van der Waals surface area contributed by atoms with Crippen molar-refractivity contribution in [1.29, 1.82) is 0 Å². The van der Waals surface area contributed by atoms with Crippen LogP contribution >= 0.6 is 0 Å². The number of hydrogen-bond donors (Lipinski definition) is 0. The molecule has 158 valence electrons. The second-order valence-corrected chi connectivity index (χ2v) is 9.80. The minimum Gasteiger partial charge on any atom is -0.346 e. The number of nitrogens with zero attached hydrogens (tertiary/aromatic N) is 2. The zero-order valence-electron chi connectivity index (χ0n) is 17.0. The summed E-state index contributed by atoms with van der Waals surface area (Å²) >= 11 is 0. The molecule has 0 spiro atoms. The van der Waals surface area contributed by atoms with Gasteiger partial charge in [0, 0.05) is 24.5 Å². The Morgan fingerprint density at radius 1 is 0.900 bits per heavy atom. The first-order chi connectivity index (χ1) is 14.5. The monoisotopic (exact) mass is 426 g/mol. The molecule has 1 heterocycles. The molecule has 1 aromatic heterocycles. The summed E-state index contributed by atoms with van der Waals surface area (Å²) in [4.78, 5) is 0.149. The number of aromatic nitrogens is 1. The van der Waals surface area contributed by atoms with E-state index in [4.69, 9.17) is 0 Å². The van der Waals surface area contributed by atoms with Gasteiger partial charge < -0.3 is 4.57 Å². The highest BCUT2D eigenvalue weighted by Crippen LogP contribution is 2.30. The SMILES string of the molecule is O=S(=O)(c1ccc(F)cc1)N(Cc1cccn1Cc1ccccc1)C1CCCCC1. The number of hydrogen-bond acceptors (Lipinski definition) is 2. The Labute approximate surface area is 178 Å². The number of benzene rings is 2. The Morgan fingerprint density at radius 3 is 2.30 bits per heavy atom. The molecule has 0 radical (unpaired) electrons. The third-order valence-electron chi connectivity index (χ3n) is 5.84. The highest BCUT2D eigenvalue weighted by molar-refractivity contribution is 7.89. The minimum atomic E-state index is -3.73. The summed E-state index contributed by atoms with van der Waals surface area (Å²) in [5.74, 6) is -0.435. The van der Waals surface area contributed by atoms with Crippen LogP contribution in [0.15, 0.2) is 77.8 Å². The molecular formula is C24H27FN2O2S. The Balaban J connectivity index is 1.64. The van der Waals surface area contributed by atoms with Gasteiger partial charge in [-0.15, -0.1) is 0 Å². The summed E-state index contributed by atoms with van der Waals surface area (Å²) in [6.45, 7) is 1.00. The smallest absolute Gasteiger partial charge is 0.243 e. The van der Waals surface area contributed by atoms with Gasteiger partial charge in [0.25, 0.3) is 0 Å². The lowest BCUT2D eigenvalue weighted by Crippen LogP contribution is -2.41. The molecule has 0 N–H and O–H groups in total. The van der Waals surface area contributed by atoms with E-state index >= 15 is 0 Å². The molecule has 2 aromatic carbocycles. The van der Waals surface area contributed by atoms with Crippen LogP contribution in [-0.4, -0.2) is 23.3 Å². The van der Waals surface area contributed by atoms with Gasteiger partial charge in [-0.1, -0.05) is 49.6 Å². The fourth-order valence-corrected chi connectivity index (χ4v) is 5.86. The molecule has 30 heavy (non-hydrogen) atoms. The molecule has 1 fully saturated rings. The third-order valence-corrected chi connectivity index (χ3v) is 7.75. The van der Waals surface area contributed by atoms with Crippen LogP contribution in [0.2, 0.25) is 0 Å². The number of sulfonamides is 1. The summed E-state index contributed by atoms with van der Waals surface area (Å²) in [5, 5.41) is 0. The van der Waals surface area contributed by atoms with Crippen LogP contribution in [0, 0.1) is 5.82 Å². The van der Waals surface area contributed by atoms with Crippen LogP contribution in [0.25, 0.3) is 0 Å². The van der Waals surface area contributed by atoms with Gasteiger partial charge in [0.05, 0.1) is 11.4 Å². The summed E-state index contributed by atoms with van der Waals surface area (Å²) in [6.07, 6.45) is 6.92. The van der Waals surface area contributed by atoms with E-state index < -0.39 is 15.8 Å². The third kappa shape index (κ3) is 4.65. The van der Waals surface area contributed by atoms with Crippen LogP contribution in [-0.2, 0) is 23.1 Å². The highest BCUT2D eigenvalue weighted by atomic mass is 32.2. The van der Waals surface area contributed by atoms with E-state index in [0.29, 0.717) is 13.1 Å². The quantitative estimate of drug-likeness (QED) is 0.521. The Kier molecular flexibility index (Phi) is 6.35. The van der Waals surface area contributed by atoms with Crippen molar-refractivity contribution in [1.82, 2.24) is 8.87 Å². The molecule has 0 bridgehead atoms. The van der Waals surface area contributed by atoms with Gasteiger partial charge >= 0.3 is 0 Å². The van der Waals surface area contributed by atoms with Gasteiger partial charge in [0.1, 0.15) is 5.82 Å². The van der Waals surface area contributed by atoms with E-state index in [1.807, 2.05) is 36.5 Å². The van der Waals surface area contributed by atoms with E-state index in [-0.39, 0.29) is 10.9 Å². The van der Waals surface area contributed by atoms with Crippen molar-refractivity contribution in [2.24, 2.45) is 0 Å². The first-order valence-electron chi connectivity index (χ1n) is 10.5. The zero-order chi connectivity index (χ0) is 21.0. The molecule has 0 aliphatic heterocycles. The van der Waals surface area contributed by atoms with Gasteiger partial charge in [-0.3, -0.25) is 0 Å². The number of halogens is 1. The zero-order valence-corrected chi connectivity index (χ0v) is 17.8. The van der Waals surface area contributed by atoms with Crippen molar-refractivity contribution in [2.45, 2.75) is 56.1 Å². The summed E-state index contributed by atoms with van der Waals surface area (Å²) < 4.78 is 44.2. The molecule has 4 rings (SSSR count). The lowest BCUT2D eigenvalue weighted by atomic mass is 9.95.